The van der Waals surface area contributed by atoms with Crippen LogP contribution in [0.4, 0.5) is 0 Å². The van der Waals surface area contributed by atoms with Gasteiger partial charge in [-0.3, -0.25) is 4.79 Å². The number of rotatable bonds is 7. The molecular formula is C17H20N2O4S. The highest BCUT2D eigenvalue weighted by Gasteiger charge is 2.20. The lowest BCUT2D eigenvalue weighted by Crippen LogP contribution is -2.31. The number of ether oxygens (including phenoxy) is 1. The highest BCUT2D eigenvalue weighted by molar-refractivity contribution is 7.89. The Morgan fingerprint density at radius 2 is 1.67 bits per heavy atom. The van der Waals surface area contributed by atoms with Crippen molar-refractivity contribution in [1.82, 2.24) is 4.31 Å². The fourth-order valence-electron chi connectivity index (χ4n) is 2.02. The zero-order valence-electron chi connectivity index (χ0n) is 13.6. The molecule has 0 bridgehead atoms. The second-order valence-corrected chi connectivity index (χ2v) is 7.42. The summed E-state index contributed by atoms with van der Waals surface area (Å²) in [7, 11) is -2.16. The van der Waals surface area contributed by atoms with Gasteiger partial charge in [0, 0.05) is 19.2 Å². The van der Waals surface area contributed by atoms with Gasteiger partial charge in [0.15, 0.2) is 0 Å². The van der Waals surface area contributed by atoms with Gasteiger partial charge in [0.05, 0.1) is 4.90 Å². The SMILES string of the molecule is Cc1ccc(OCCN(C)S(=O)(=O)c2ccc(C(N)=O)cc2)cc1. The van der Waals surface area contributed by atoms with Gasteiger partial charge >= 0.3 is 0 Å². The van der Waals surface area contributed by atoms with E-state index in [2.05, 4.69) is 0 Å². The van der Waals surface area contributed by atoms with E-state index in [4.69, 9.17) is 10.5 Å². The summed E-state index contributed by atoms with van der Waals surface area (Å²) in [6.07, 6.45) is 0. The number of carbonyl (C=O) groups excluding carboxylic acids is 1. The number of amides is 1. The van der Waals surface area contributed by atoms with Gasteiger partial charge in [-0.2, -0.15) is 4.31 Å². The number of hydrogen-bond donors (Lipinski definition) is 1. The fourth-order valence-corrected chi connectivity index (χ4v) is 3.17. The average molecular weight is 348 g/mol. The number of aryl methyl sites for hydroxylation is 1. The summed E-state index contributed by atoms with van der Waals surface area (Å²) in [5.74, 6) is 0.0935. The monoisotopic (exact) mass is 348 g/mol. The van der Waals surface area contributed by atoms with Crippen LogP contribution in [0.15, 0.2) is 53.4 Å². The first-order valence-corrected chi connectivity index (χ1v) is 8.80. The van der Waals surface area contributed by atoms with Crippen LogP contribution in [0.1, 0.15) is 15.9 Å². The maximum atomic E-state index is 12.5. The largest absolute Gasteiger partial charge is 0.492 e. The van der Waals surface area contributed by atoms with Crippen LogP contribution in [0.5, 0.6) is 5.75 Å². The van der Waals surface area contributed by atoms with E-state index in [1.165, 1.54) is 35.6 Å². The van der Waals surface area contributed by atoms with E-state index in [9.17, 15) is 13.2 Å². The molecule has 0 aliphatic heterocycles. The highest BCUT2D eigenvalue weighted by atomic mass is 32.2. The predicted molar refractivity (Wildman–Crippen MR) is 91.4 cm³/mol. The predicted octanol–water partition coefficient (Wildman–Crippen LogP) is 1.79. The van der Waals surface area contributed by atoms with E-state index in [0.29, 0.717) is 5.75 Å². The molecule has 0 heterocycles. The normalized spacial score (nSPS) is 11.5. The Hall–Kier alpha value is -2.38. The van der Waals surface area contributed by atoms with Gasteiger partial charge in [-0.15, -0.1) is 0 Å². The van der Waals surface area contributed by atoms with Crippen molar-refractivity contribution in [3.05, 3.63) is 59.7 Å². The van der Waals surface area contributed by atoms with Gasteiger partial charge in [0.25, 0.3) is 0 Å². The van der Waals surface area contributed by atoms with Crippen LogP contribution in [0.3, 0.4) is 0 Å². The van der Waals surface area contributed by atoms with E-state index >= 15 is 0 Å². The van der Waals surface area contributed by atoms with Crippen molar-refractivity contribution in [2.45, 2.75) is 11.8 Å². The molecule has 2 rings (SSSR count). The molecular weight excluding hydrogens is 328 g/mol. The summed E-state index contributed by atoms with van der Waals surface area (Å²) in [6.45, 7) is 2.42. The Balaban J connectivity index is 1.98. The highest BCUT2D eigenvalue weighted by Crippen LogP contribution is 2.16. The molecule has 2 N–H and O–H groups in total. The second-order valence-electron chi connectivity index (χ2n) is 5.38. The first kappa shape index (κ1) is 18.0. The number of hydrogen-bond acceptors (Lipinski definition) is 4. The molecule has 128 valence electrons. The van der Waals surface area contributed by atoms with Crippen molar-refractivity contribution in [3.63, 3.8) is 0 Å². The molecule has 2 aromatic carbocycles. The molecule has 0 spiro atoms. The zero-order chi connectivity index (χ0) is 17.7. The topological polar surface area (TPSA) is 89.7 Å². The van der Waals surface area contributed by atoms with Crippen molar-refractivity contribution in [2.24, 2.45) is 5.73 Å². The van der Waals surface area contributed by atoms with Crippen molar-refractivity contribution < 1.29 is 17.9 Å². The van der Waals surface area contributed by atoms with Crippen LogP contribution in [-0.4, -0.2) is 38.8 Å². The first-order chi connectivity index (χ1) is 11.3. The molecule has 1 amide bonds. The van der Waals surface area contributed by atoms with Gasteiger partial charge in [-0.25, -0.2) is 8.42 Å². The Labute approximate surface area is 141 Å². The Kier molecular flexibility index (Phi) is 5.58. The summed E-state index contributed by atoms with van der Waals surface area (Å²) in [5.41, 5.74) is 6.54. The molecule has 0 fully saturated rings. The van der Waals surface area contributed by atoms with E-state index in [0.717, 1.165) is 5.56 Å². The second kappa shape index (κ2) is 7.46. The van der Waals surface area contributed by atoms with Crippen LogP contribution in [0, 0.1) is 6.92 Å². The third-order valence-electron chi connectivity index (χ3n) is 3.54. The molecule has 2 aromatic rings. The summed E-state index contributed by atoms with van der Waals surface area (Å²) >= 11 is 0. The van der Waals surface area contributed by atoms with E-state index in [-0.39, 0.29) is 23.6 Å². The summed E-state index contributed by atoms with van der Waals surface area (Å²) in [5, 5.41) is 0. The number of primary amides is 1. The number of nitrogens with zero attached hydrogens (tertiary/aromatic N) is 1. The third-order valence-corrected chi connectivity index (χ3v) is 5.41. The number of benzene rings is 2. The third kappa shape index (κ3) is 4.33. The molecule has 6 nitrogen and oxygen atoms in total. The van der Waals surface area contributed by atoms with Crippen molar-refractivity contribution >= 4 is 15.9 Å². The molecule has 0 aliphatic rings. The molecule has 7 heteroatoms. The average Bonchev–Trinajstić information content (AvgIpc) is 2.56. The molecule has 0 aliphatic carbocycles. The van der Waals surface area contributed by atoms with Crippen LogP contribution in [0.25, 0.3) is 0 Å². The van der Waals surface area contributed by atoms with Crippen LogP contribution in [-0.2, 0) is 10.0 Å². The van der Waals surface area contributed by atoms with E-state index in [1.807, 2.05) is 31.2 Å². The molecule has 0 saturated heterocycles. The van der Waals surface area contributed by atoms with Gasteiger partial charge in [0.1, 0.15) is 12.4 Å². The number of likely N-dealkylation sites (N-methyl/N-ethyl adjacent to an activating group) is 1. The van der Waals surface area contributed by atoms with Crippen LogP contribution in [0.2, 0.25) is 0 Å². The number of nitrogens with two attached hydrogens (primary N) is 1. The molecule has 0 aromatic heterocycles. The van der Waals surface area contributed by atoms with Gasteiger partial charge < -0.3 is 10.5 Å². The Bertz CT molecular complexity index is 799. The standard InChI is InChI=1S/C17H20N2O4S/c1-13-3-7-15(8-4-13)23-12-11-19(2)24(21,22)16-9-5-14(6-10-16)17(18)20/h3-10H,11-12H2,1-2H3,(H2,18,20). The van der Waals surface area contributed by atoms with Crippen molar-refractivity contribution in [2.75, 3.05) is 20.2 Å². The maximum absolute atomic E-state index is 12.5. The summed E-state index contributed by atoms with van der Waals surface area (Å²) in [6, 6.07) is 13.1. The van der Waals surface area contributed by atoms with Crippen LogP contribution >= 0.6 is 0 Å². The summed E-state index contributed by atoms with van der Waals surface area (Å²) < 4.78 is 31.7. The van der Waals surface area contributed by atoms with Crippen molar-refractivity contribution in [3.8, 4) is 5.75 Å². The molecule has 24 heavy (non-hydrogen) atoms. The smallest absolute Gasteiger partial charge is 0.248 e. The van der Waals surface area contributed by atoms with Crippen molar-refractivity contribution in [1.29, 1.82) is 0 Å². The molecule has 0 atom stereocenters. The van der Waals surface area contributed by atoms with Gasteiger partial charge in [-0.1, -0.05) is 17.7 Å². The molecule has 0 unspecified atom stereocenters. The maximum Gasteiger partial charge on any atom is 0.248 e. The quantitative estimate of drug-likeness (QED) is 0.826. The van der Waals surface area contributed by atoms with E-state index in [1.54, 1.807) is 0 Å². The minimum Gasteiger partial charge on any atom is -0.492 e. The number of carbonyl (C=O) groups is 1. The Morgan fingerprint density at radius 3 is 2.21 bits per heavy atom. The molecule has 0 saturated carbocycles. The Morgan fingerprint density at radius 1 is 1.08 bits per heavy atom. The lowest BCUT2D eigenvalue weighted by Gasteiger charge is -2.17. The minimum atomic E-state index is -3.64. The fraction of sp³-hybridized carbons (Fsp3) is 0.235. The van der Waals surface area contributed by atoms with Gasteiger partial charge in [0.2, 0.25) is 15.9 Å². The van der Waals surface area contributed by atoms with Crippen LogP contribution < -0.4 is 10.5 Å². The zero-order valence-corrected chi connectivity index (χ0v) is 14.4. The summed E-state index contributed by atoms with van der Waals surface area (Å²) in [4.78, 5) is 11.1. The van der Waals surface area contributed by atoms with E-state index < -0.39 is 15.9 Å². The van der Waals surface area contributed by atoms with Gasteiger partial charge in [-0.05, 0) is 43.3 Å². The molecule has 0 radical (unpaired) electrons. The number of sulfonamides is 1. The lowest BCUT2D eigenvalue weighted by molar-refractivity contribution is 0.1000. The first-order valence-electron chi connectivity index (χ1n) is 7.36. The lowest BCUT2D eigenvalue weighted by atomic mass is 10.2. The minimum absolute atomic E-state index is 0.102.